The summed E-state index contributed by atoms with van der Waals surface area (Å²) in [6.45, 7) is 4.40. The Hall–Kier alpha value is -1.32. The zero-order chi connectivity index (χ0) is 13.9. The summed E-state index contributed by atoms with van der Waals surface area (Å²) in [5.74, 6) is 0.949. The van der Waals surface area contributed by atoms with Crippen LogP contribution in [0.4, 0.5) is 0 Å². The van der Waals surface area contributed by atoms with E-state index in [1.54, 1.807) is 7.11 Å². The standard InChI is InChI=1S/C17H21NOS/c1-13-8-9-17(20-13)16-7-4-10-18(16)12-14-5-3-6-15(11-14)19-2/h3,5-6,8-9,11,16H,4,7,10,12H2,1-2H3. The molecule has 2 heterocycles. The highest BCUT2D eigenvalue weighted by atomic mass is 32.1. The van der Waals surface area contributed by atoms with Gasteiger partial charge >= 0.3 is 0 Å². The van der Waals surface area contributed by atoms with E-state index in [0.29, 0.717) is 6.04 Å². The van der Waals surface area contributed by atoms with Gasteiger partial charge in [-0.2, -0.15) is 0 Å². The number of methoxy groups -OCH3 is 1. The van der Waals surface area contributed by atoms with Crippen LogP contribution >= 0.6 is 11.3 Å². The molecule has 0 radical (unpaired) electrons. The maximum absolute atomic E-state index is 5.32. The van der Waals surface area contributed by atoms with Gasteiger partial charge in [-0.15, -0.1) is 11.3 Å². The lowest BCUT2D eigenvalue weighted by molar-refractivity contribution is 0.251. The molecule has 1 aromatic heterocycles. The van der Waals surface area contributed by atoms with Gasteiger partial charge in [0.1, 0.15) is 5.75 Å². The zero-order valence-electron chi connectivity index (χ0n) is 12.1. The Morgan fingerprint density at radius 1 is 1.30 bits per heavy atom. The molecular weight excluding hydrogens is 266 g/mol. The third-order valence-electron chi connectivity index (χ3n) is 3.97. The first kappa shape index (κ1) is 13.7. The van der Waals surface area contributed by atoms with Crippen LogP contribution in [0.2, 0.25) is 0 Å². The molecule has 20 heavy (non-hydrogen) atoms. The van der Waals surface area contributed by atoms with Gasteiger partial charge in [0.05, 0.1) is 7.11 Å². The number of likely N-dealkylation sites (tertiary alicyclic amines) is 1. The van der Waals surface area contributed by atoms with E-state index in [4.69, 9.17) is 4.74 Å². The number of ether oxygens (including phenoxy) is 1. The van der Waals surface area contributed by atoms with Crippen LogP contribution < -0.4 is 4.74 Å². The Labute approximate surface area is 125 Å². The van der Waals surface area contributed by atoms with Crippen molar-refractivity contribution in [1.29, 1.82) is 0 Å². The summed E-state index contributed by atoms with van der Waals surface area (Å²) in [5, 5.41) is 0. The van der Waals surface area contributed by atoms with Crippen molar-refractivity contribution in [3.8, 4) is 5.75 Å². The van der Waals surface area contributed by atoms with Crippen molar-refractivity contribution in [2.75, 3.05) is 13.7 Å². The smallest absolute Gasteiger partial charge is 0.119 e. The second-order valence-corrected chi connectivity index (χ2v) is 6.75. The molecule has 0 bridgehead atoms. The number of hydrogen-bond donors (Lipinski definition) is 0. The molecule has 0 amide bonds. The minimum Gasteiger partial charge on any atom is -0.497 e. The van der Waals surface area contributed by atoms with Crippen LogP contribution in [-0.2, 0) is 6.54 Å². The number of hydrogen-bond acceptors (Lipinski definition) is 3. The van der Waals surface area contributed by atoms with Crippen molar-refractivity contribution < 1.29 is 4.74 Å². The molecule has 106 valence electrons. The summed E-state index contributed by atoms with van der Waals surface area (Å²) in [6, 6.07) is 13.6. The van der Waals surface area contributed by atoms with Gasteiger partial charge in [-0.05, 0) is 56.1 Å². The molecule has 2 aromatic rings. The number of thiophene rings is 1. The van der Waals surface area contributed by atoms with Gasteiger partial charge in [0, 0.05) is 22.3 Å². The van der Waals surface area contributed by atoms with Crippen molar-refractivity contribution in [3.05, 3.63) is 51.7 Å². The van der Waals surface area contributed by atoms with Crippen LogP contribution in [0.15, 0.2) is 36.4 Å². The molecule has 0 spiro atoms. The highest BCUT2D eigenvalue weighted by Gasteiger charge is 2.26. The number of nitrogens with zero attached hydrogens (tertiary/aromatic N) is 1. The van der Waals surface area contributed by atoms with Gasteiger partial charge in [-0.1, -0.05) is 12.1 Å². The van der Waals surface area contributed by atoms with E-state index in [2.05, 4.69) is 42.2 Å². The van der Waals surface area contributed by atoms with Gasteiger partial charge in [-0.25, -0.2) is 0 Å². The molecular formula is C17H21NOS. The predicted octanol–water partition coefficient (Wildman–Crippen LogP) is 4.40. The SMILES string of the molecule is COc1cccc(CN2CCCC2c2ccc(C)s2)c1. The molecule has 3 rings (SSSR count). The second kappa shape index (κ2) is 5.98. The average Bonchev–Trinajstić information content (AvgIpc) is 3.08. The fourth-order valence-corrected chi connectivity index (χ4v) is 4.02. The molecule has 1 aromatic carbocycles. The number of aryl methyl sites for hydroxylation is 1. The third-order valence-corrected chi connectivity index (χ3v) is 5.07. The minimum absolute atomic E-state index is 0.597. The van der Waals surface area contributed by atoms with Crippen LogP contribution in [0.5, 0.6) is 5.75 Å². The molecule has 2 nitrogen and oxygen atoms in total. The first-order valence-electron chi connectivity index (χ1n) is 7.19. The lowest BCUT2D eigenvalue weighted by Crippen LogP contribution is -2.22. The first-order valence-corrected chi connectivity index (χ1v) is 8.01. The Kier molecular flexibility index (Phi) is 4.08. The predicted molar refractivity (Wildman–Crippen MR) is 84.4 cm³/mol. The van der Waals surface area contributed by atoms with E-state index >= 15 is 0 Å². The highest BCUT2D eigenvalue weighted by molar-refractivity contribution is 7.12. The van der Waals surface area contributed by atoms with Crippen LogP contribution in [0.3, 0.4) is 0 Å². The van der Waals surface area contributed by atoms with E-state index < -0.39 is 0 Å². The monoisotopic (exact) mass is 287 g/mol. The molecule has 0 saturated carbocycles. The lowest BCUT2D eigenvalue weighted by Gasteiger charge is -2.23. The molecule has 1 fully saturated rings. The lowest BCUT2D eigenvalue weighted by atomic mass is 10.1. The molecule has 3 heteroatoms. The van der Waals surface area contributed by atoms with E-state index in [9.17, 15) is 0 Å². The van der Waals surface area contributed by atoms with Crippen molar-refractivity contribution >= 4 is 11.3 Å². The summed E-state index contributed by atoms with van der Waals surface area (Å²) < 4.78 is 5.32. The first-order chi connectivity index (χ1) is 9.76. The Morgan fingerprint density at radius 2 is 2.20 bits per heavy atom. The number of benzene rings is 1. The number of rotatable bonds is 4. The fraction of sp³-hybridized carbons (Fsp3) is 0.412. The summed E-state index contributed by atoms with van der Waals surface area (Å²) in [5.41, 5.74) is 1.34. The molecule has 1 saturated heterocycles. The summed E-state index contributed by atoms with van der Waals surface area (Å²) in [7, 11) is 1.73. The Balaban J connectivity index is 1.75. The maximum atomic E-state index is 5.32. The molecule has 1 atom stereocenters. The molecule has 0 aliphatic carbocycles. The Morgan fingerprint density at radius 3 is 2.95 bits per heavy atom. The van der Waals surface area contributed by atoms with Crippen molar-refractivity contribution in [1.82, 2.24) is 4.90 Å². The van der Waals surface area contributed by atoms with Crippen molar-refractivity contribution in [3.63, 3.8) is 0 Å². The zero-order valence-corrected chi connectivity index (χ0v) is 13.0. The summed E-state index contributed by atoms with van der Waals surface area (Å²) >= 11 is 1.94. The molecule has 1 unspecified atom stereocenters. The van der Waals surface area contributed by atoms with Gasteiger partial charge in [-0.3, -0.25) is 4.90 Å². The second-order valence-electron chi connectivity index (χ2n) is 5.43. The Bertz CT molecular complexity index is 578. The van der Waals surface area contributed by atoms with Crippen LogP contribution in [0, 0.1) is 6.92 Å². The van der Waals surface area contributed by atoms with Crippen LogP contribution in [0.25, 0.3) is 0 Å². The maximum Gasteiger partial charge on any atom is 0.119 e. The van der Waals surface area contributed by atoms with E-state index in [0.717, 1.165) is 12.3 Å². The van der Waals surface area contributed by atoms with Crippen LogP contribution in [-0.4, -0.2) is 18.6 Å². The van der Waals surface area contributed by atoms with Crippen molar-refractivity contribution in [2.24, 2.45) is 0 Å². The minimum atomic E-state index is 0.597. The van der Waals surface area contributed by atoms with E-state index in [1.165, 1.54) is 34.7 Å². The van der Waals surface area contributed by atoms with Crippen LogP contribution in [0.1, 0.15) is 34.2 Å². The molecule has 1 aliphatic rings. The van der Waals surface area contributed by atoms with Crippen molar-refractivity contribution in [2.45, 2.75) is 32.4 Å². The highest BCUT2D eigenvalue weighted by Crippen LogP contribution is 2.36. The van der Waals surface area contributed by atoms with E-state index in [-0.39, 0.29) is 0 Å². The van der Waals surface area contributed by atoms with Gasteiger partial charge in [0.25, 0.3) is 0 Å². The van der Waals surface area contributed by atoms with E-state index in [1.807, 2.05) is 17.4 Å². The fourth-order valence-electron chi connectivity index (χ4n) is 2.98. The van der Waals surface area contributed by atoms with Gasteiger partial charge in [0.15, 0.2) is 0 Å². The average molecular weight is 287 g/mol. The topological polar surface area (TPSA) is 12.5 Å². The normalized spacial score (nSPS) is 19.4. The van der Waals surface area contributed by atoms with Gasteiger partial charge in [0.2, 0.25) is 0 Å². The molecule has 0 N–H and O–H groups in total. The molecule has 1 aliphatic heterocycles. The largest absolute Gasteiger partial charge is 0.497 e. The summed E-state index contributed by atoms with van der Waals surface area (Å²) in [6.07, 6.45) is 2.58. The third kappa shape index (κ3) is 2.89. The summed E-state index contributed by atoms with van der Waals surface area (Å²) in [4.78, 5) is 5.52. The quantitative estimate of drug-likeness (QED) is 0.826. The van der Waals surface area contributed by atoms with Gasteiger partial charge < -0.3 is 4.74 Å².